The van der Waals surface area contributed by atoms with Crippen molar-refractivity contribution in [3.63, 3.8) is 0 Å². The van der Waals surface area contributed by atoms with Crippen LogP contribution >= 0.6 is 0 Å². The molecule has 19 heavy (non-hydrogen) atoms. The number of rotatable bonds is 6. The van der Waals surface area contributed by atoms with Gasteiger partial charge in [-0.3, -0.25) is 0 Å². The van der Waals surface area contributed by atoms with Gasteiger partial charge < -0.3 is 5.32 Å². The Morgan fingerprint density at radius 1 is 1.05 bits per heavy atom. The summed E-state index contributed by atoms with van der Waals surface area (Å²) in [7, 11) is 0. The SMILES string of the molecule is CC(CNC1CC1)C(C)c1ccc(C2CCC2)cc1. The minimum Gasteiger partial charge on any atom is -0.314 e. The molecule has 0 aromatic heterocycles. The molecule has 3 rings (SSSR count). The smallest absolute Gasteiger partial charge is 0.00683 e. The Kier molecular flexibility index (Phi) is 3.93. The zero-order chi connectivity index (χ0) is 13.2. The Hall–Kier alpha value is -0.820. The van der Waals surface area contributed by atoms with Crippen LogP contribution < -0.4 is 5.32 Å². The monoisotopic (exact) mass is 257 g/mol. The van der Waals surface area contributed by atoms with E-state index in [0.29, 0.717) is 5.92 Å². The molecule has 2 atom stereocenters. The van der Waals surface area contributed by atoms with Crippen molar-refractivity contribution in [2.24, 2.45) is 5.92 Å². The number of benzene rings is 1. The summed E-state index contributed by atoms with van der Waals surface area (Å²) in [4.78, 5) is 0. The topological polar surface area (TPSA) is 12.0 Å². The van der Waals surface area contributed by atoms with Crippen molar-refractivity contribution in [2.45, 2.75) is 63.8 Å². The minimum absolute atomic E-state index is 0.654. The highest BCUT2D eigenvalue weighted by Crippen LogP contribution is 2.37. The quantitative estimate of drug-likeness (QED) is 0.794. The third-order valence-corrected chi connectivity index (χ3v) is 5.20. The highest BCUT2D eigenvalue weighted by molar-refractivity contribution is 5.28. The molecule has 0 spiro atoms. The molecule has 0 radical (unpaired) electrons. The molecule has 2 unspecified atom stereocenters. The van der Waals surface area contributed by atoms with E-state index in [4.69, 9.17) is 0 Å². The van der Waals surface area contributed by atoms with Crippen molar-refractivity contribution in [2.75, 3.05) is 6.54 Å². The van der Waals surface area contributed by atoms with E-state index >= 15 is 0 Å². The van der Waals surface area contributed by atoms with Crippen molar-refractivity contribution in [3.8, 4) is 0 Å². The second kappa shape index (κ2) is 5.66. The Balaban J connectivity index is 1.56. The van der Waals surface area contributed by atoms with Gasteiger partial charge in [0.25, 0.3) is 0 Å². The molecular formula is C18H27N. The van der Waals surface area contributed by atoms with E-state index in [9.17, 15) is 0 Å². The lowest BCUT2D eigenvalue weighted by atomic mass is 9.79. The first-order valence-electron chi connectivity index (χ1n) is 8.07. The lowest BCUT2D eigenvalue weighted by Crippen LogP contribution is -2.26. The van der Waals surface area contributed by atoms with Crippen LogP contribution in [0.3, 0.4) is 0 Å². The predicted molar refractivity (Wildman–Crippen MR) is 81.6 cm³/mol. The normalized spacial score (nSPS) is 22.8. The third kappa shape index (κ3) is 3.20. The maximum absolute atomic E-state index is 3.65. The number of hydrogen-bond donors (Lipinski definition) is 1. The van der Waals surface area contributed by atoms with Gasteiger partial charge in [-0.2, -0.15) is 0 Å². The summed E-state index contributed by atoms with van der Waals surface area (Å²) >= 11 is 0. The molecule has 0 saturated heterocycles. The Bertz CT molecular complexity index is 400. The highest BCUT2D eigenvalue weighted by Gasteiger charge is 2.23. The lowest BCUT2D eigenvalue weighted by Gasteiger charge is -2.27. The summed E-state index contributed by atoms with van der Waals surface area (Å²) in [5.41, 5.74) is 3.07. The summed E-state index contributed by atoms with van der Waals surface area (Å²) in [6, 6.07) is 10.3. The molecule has 1 aromatic rings. The summed E-state index contributed by atoms with van der Waals surface area (Å²) in [6.07, 6.45) is 6.99. The minimum atomic E-state index is 0.654. The molecule has 0 bridgehead atoms. The van der Waals surface area contributed by atoms with E-state index in [2.05, 4.69) is 43.4 Å². The van der Waals surface area contributed by atoms with Crippen molar-refractivity contribution < 1.29 is 0 Å². The number of hydrogen-bond acceptors (Lipinski definition) is 1. The molecule has 104 valence electrons. The van der Waals surface area contributed by atoms with Crippen LogP contribution in [0.15, 0.2) is 24.3 Å². The van der Waals surface area contributed by atoms with Gasteiger partial charge in [0.1, 0.15) is 0 Å². The van der Waals surface area contributed by atoms with Crippen LogP contribution in [0, 0.1) is 5.92 Å². The maximum atomic E-state index is 3.65. The van der Waals surface area contributed by atoms with Gasteiger partial charge in [0.15, 0.2) is 0 Å². The van der Waals surface area contributed by atoms with Gasteiger partial charge in [-0.1, -0.05) is 44.5 Å². The van der Waals surface area contributed by atoms with Gasteiger partial charge in [0.05, 0.1) is 0 Å². The fraction of sp³-hybridized carbons (Fsp3) is 0.667. The summed E-state index contributed by atoms with van der Waals surface area (Å²) in [5, 5.41) is 3.65. The van der Waals surface area contributed by atoms with Gasteiger partial charge in [-0.25, -0.2) is 0 Å². The average Bonchev–Trinajstić information content (AvgIpc) is 3.18. The zero-order valence-corrected chi connectivity index (χ0v) is 12.4. The van der Waals surface area contributed by atoms with Gasteiger partial charge >= 0.3 is 0 Å². The van der Waals surface area contributed by atoms with E-state index in [0.717, 1.165) is 24.4 Å². The van der Waals surface area contributed by atoms with Crippen LogP contribution in [-0.2, 0) is 0 Å². The molecule has 0 amide bonds. The van der Waals surface area contributed by atoms with E-state index in [1.54, 1.807) is 5.56 Å². The zero-order valence-electron chi connectivity index (χ0n) is 12.4. The van der Waals surface area contributed by atoms with E-state index < -0.39 is 0 Å². The van der Waals surface area contributed by atoms with Crippen molar-refractivity contribution in [1.29, 1.82) is 0 Å². The summed E-state index contributed by atoms with van der Waals surface area (Å²) in [5.74, 6) is 2.23. The molecule has 2 saturated carbocycles. The fourth-order valence-electron chi connectivity index (χ4n) is 2.96. The van der Waals surface area contributed by atoms with Crippen LogP contribution in [0.5, 0.6) is 0 Å². The highest BCUT2D eigenvalue weighted by atomic mass is 14.9. The second-order valence-electron chi connectivity index (χ2n) is 6.74. The average molecular weight is 257 g/mol. The van der Waals surface area contributed by atoms with Crippen LogP contribution in [-0.4, -0.2) is 12.6 Å². The van der Waals surface area contributed by atoms with E-state index in [1.165, 1.54) is 37.7 Å². The molecule has 2 aliphatic rings. The van der Waals surface area contributed by atoms with Gasteiger partial charge in [-0.15, -0.1) is 0 Å². The van der Waals surface area contributed by atoms with Crippen molar-refractivity contribution in [1.82, 2.24) is 5.32 Å². The Morgan fingerprint density at radius 3 is 2.26 bits per heavy atom. The lowest BCUT2D eigenvalue weighted by molar-refractivity contribution is 0.419. The summed E-state index contributed by atoms with van der Waals surface area (Å²) in [6.45, 7) is 5.91. The molecule has 1 nitrogen and oxygen atoms in total. The first-order valence-corrected chi connectivity index (χ1v) is 8.07. The molecule has 2 aliphatic carbocycles. The maximum Gasteiger partial charge on any atom is 0.00683 e. The first-order chi connectivity index (χ1) is 9.24. The molecule has 1 heteroatoms. The van der Waals surface area contributed by atoms with Crippen LogP contribution in [0.1, 0.15) is 68.9 Å². The standard InChI is InChI=1S/C18H27N/c1-13(12-19-18-10-11-18)14(2)15-6-8-17(9-7-15)16-4-3-5-16/h6-9,13-14,16,18-19H,3-5,10-12H2,1-2H3. The third-order valence-electron chi connectivity index (χ3n) is 5.20. The molecule has 1 aromatic carbocycles. The van der Waals surface area contributed by atoms with Gasteiger partial charge in [-0.05, 0) is 61.1 Å². The fourth-order valence-corrected chi connectivity index (χ4v) is 2.96. The molecular weight excluding hydrogens is 230 g/mol. The largest absolute Gasteiger partial charge is 0.314 e. The van der Waals surface area contributed by atoms with Gasteiger partial charge in [0.2, 0.25) is 0 Å². The predicted octanol–water partition coefficient (Wildman–Crippen LogP) is 4.45. The van der Waals surface area contributed by atoms with Crippen LogP contribution in [0.2, 0.25) is 0 Å². The van der Waals surface area contributed by atoms with Crippen molar-refractivity contribution >= 4 is 0 Å². The van der Waals surface area contributed by atoms with E-state index in [-0.39, 0.29) is 0 Å². The van der Waals surface area contributed by atoms with E-state index in [1.807, 2.05) is 0 Å². The second-order valence-corrected chi connectivity index (χ2v) is 6.74. The molecule has 0 aliphatic heterocycles. The van der Waals surface area contributed by atoms with Crippen LogP contribution in [0.25, 0.3) is 0 Å². The number of nitrogens with one attached hydrogen (secondary N) is 1. The van der Waals surface area contributed by atoms with Crippen molar-refractivity contribution in [3.05, 3.63) is 35.4 Å². The van der Waals surface area contributed by atoms with Crippen LogP contribution in [0.4, 0.5) is 0 Å². The Morgan fingerprint density at radius 2 is 1.74 bits per heavy atom. The van der Waals surface area contributed by atoms with Gasteiger partial charge in [0, 0.05) is 6.04 Å². The molecule has 1 N–H and O–H groups in total. The molecule has 0 heterocycles. The summed E-state index contributed by atoms with van der Waals surface area (Å²) < 4.78 is 0. The Labute approximate surface area is 117 Å². The molecule has 2 fully saturated rings. The first kappa shape index (κ1) is 13.2.